The molecule has 2 aromatic rings. The molecule has 0 saturated heterocycles. The molecule has 5 heteroatoms. The zero-order valence-electron chi connectivity index (χ0n) is 13.3. The van der Waals surface area contributed by atoms with E-state index >= 15 is 0 Å². The van der Waals surface area contributed by atoms with Crippen LogP contribution in [0.2, 0.25) is 0 Å². The molecule has 0 atom stereocenters. The number of hydrogen-bond donors (Lipinski definition) is 1. The molecule has 1 aromatic heterocycles. The Bertz CT molecular complexity index is 723. The molecular formula is C18H20N2O2S. The molecule has 1 aromatic carbocycles. The van der Waals surface area contributed by atoms with E-state index in [4.69, 9.17) is 0 Å². The normalized spacial score (nSPS) is 13.3. The van der Waals surface area contributed by atoms with Gasteiger partial charge in [0, 0.05) is 24.7 Å². The van der Waals surface area contributed by atoms with Crippen LogP contribution in [0.1, 0.15) is 34.6 Å². The Kier molecular flexibility index (Phi) is 4.48. The Labute approximate surface area is 140 Å². The molecule has 0 radical (unpaired) electrons. The van der Waals surface area contributed by atoms with Crippen LogP contribution in [0.15, 0.2) is 35.7 Å². The van der Waals surface area contributed by atoms with Gasteiger partial charge in [-0.25, -0.2) is 0 Å². The first-order valence-electron chi connectivity index (χ1n) is 7.81. The fourth-order valence-corrected chi connectivity index (χ4v) is 3.42. The molecule has 1 N–H and O–H groups in total. The number of nitrogens with zero attached hydrogens (tertiary/aromatic N) is 1. The standard InChI is InChI=1S/C18H20N2O2S/c1-12(2)18(22)20-8-7-14-10-13(5-6-15(14)20)11-19-17(21)16-4-3-9-23-16/h3-6,9-10,12H,7-8,11H2,1-2H3,(H,19,21). The van der Waals surface area contributed by atoms with Crippen LogP contribution in [0.25, 0.3) is 0 Å². The molecule has 0 fully saturated rings. The number of hydrogen-bond acceptors (Lipinski definition) is 3. The van der Waals surface area contributed by atoms with E-state index in [0.29, 0.717) is 6.54 Å². The highest BCUT2D eigenvalue weighted by Crippen LogP contribution is 2.30. The topological polar surface area (TPSA) is 49.4 Å². The molecule has 1 aliphatic rings. The van der Waals surface area contributed by atoms with Crippen LogP contribution in [0.4, 0.5) is 5.69 Å². The van der Waals surface area contributed by atoms with Gasteiger partial charge in [-0.3, -0.25) is 9.59 Å². The van der Waals surface area contributed by atoms with E-state index in [1.165, 1.54) is 16.9 Å². The highest BCUT2D eigenvalue weighted by atomic mass is 32.1. The average molecular weight is 328 g/mol. The van der Waals surface area contributed by atoms with E-state index in [9.17, 15) is 9.59 Å². The molecule has 2 amide bonds. The Balaban J connectivity index is 1.68. The van der Waals surface area contributed by atoms with Crippen molar-refractivity contribution in [2.75, 3.05) is 11.4 Å². The maximum absolute atomic E-state index is 12.2. The van der Waals surface area contributed by atoms with Crippen molar-refractivity contribution in [1.29, 1.82) is 0 Å². The molecule has 0 aliphatic carbocycles. The van der Waals surface area contributed by atoms with Crippen molar-refractivity contribution in [3.05, 3.63) is 51.7 Å². The first-order valence-corrected chi connectivity index (χ1v) is 8.69. The van der Waals surface area contributed by atoms with Gasteiger partial charge in [-0.05, 0) is 35.1 Å². The summed E-state index contributed by atoms with van der Waals surface area (Å²) in [4.78, 5) is 26.8. The van der Waals surface area contributed by atoms with Crippen molar-refractivity contribution in [1.82, 2.24) is 5.32 Å². The van der Waals surface area contributed by atoms with Gasteiger partial charge in [0.15, 0.2) is 0 Å². The molecule has 0 saturated carbocycles. The van der Waals surface area contributed by atoms with Crippen LogP contribution >= 0.6 is 11.3 Å². The summed E-state index contributed by atoms with van der Waals surface area (Å²) in [5.41, 5.74) is 3.26. The maximum atomic E-state index is 12.2. The fraction of sp³-hybridized carbons (Fsp3) is 0.333. The van der Waals surface area contributed by atoms with Gasteiger partial charge in [0.1, 0.15) is 0 Å². The van der Waals surface area contributed by atoms with E-state index in [-0.39, 0.29) is 17.7 Å². The van der Waals surface area contributed by atoms with Crippen molar-refractivity contribution in [3.63, 3.8) is 0 Å². The van der Waals surface area contributed by atoms with E-state index in [1.54, 1.807) is 0 Å². The van der Waals surface area contributed by atoms with Gasteiger partial charge in [-0.1, -0.05) is 32.0 Å². The predicted molar refractivity (Wildman–Crippen MR) is 92.8 cm³/mol. The molecule has 23 heavy (non-hydrogen) atoms. The van der Waals surface area contributed by atoms with Gasteiger partial charge in [-0.15, -0.1) is 11.3 Å². The highest BCUT2D eigenvalue weighted by molar-refractivity contribution is 7.12. The van der Waals surface area contributed by atoms with Crippen LogP contribution in [0.3, 0.4) is 0 Å². The van der Waals surface area contributed by atoms with Crippen LogP contribution in [0.5, 0.6) is 0 Å². The molecule has 2 heterocycles. The predicted octanol–water partition coefficient (Wildman–Crippen LogP) is 3.22. The summed E-state index contributed by atoms with van der Waals surface area (Å²) in [6.45, 7) is 5.10. The van der Waals surface area contributed by atoms with Crippen molar-refractivity contribution in [3.8, 4) is 0 Å². The third-order valence-electron chi connectivity index (χ3n) is 4.00. The Morgan fingerprint density at radius 2 is 2.13 bits per heavy atom. The number of amides is 2. The minimum atomic E-state index is -0.0443. The summed E-state index contributed by atoms with van der Waals surface area (Å²) in [5.74, 6) is 0.130. The molecular weight excluding hydrogens is 308 g/mol. The average Bonchev–Trinajstić information content (AvgIpc) is 3.20. The monoisotopic (exact) mass is 328 g/mol. The van der Waals surface area contributed by atoms with Crippen LogP contribution in [0, 0.1) is 5.92 Å². The second-order valence-electron chi connectivity index (χ2n) is 6.02. The van der Waals surface area contributed by atoms with Crippen LogP contribution < -0.4 is 10.2 Å². The maximum Gasteiger partial charge on any atom is 0.261 e. The Morgan fingerprint density at radius 3 is 2.83 bits per heavy atom. The van der Waals surface area contributed by atoms with E-state index in [0.717, 1.165) is 29.1 Å². The second kappa shape index (κ2) is 6.54. The molecule has 0 spiro atoms. The molecule has 3 rings (SSSR count). The van der Waals surface area contributed by atoms with Crippen molar-refractivity contribution >= 4 is 28.8 Å². The number of benzene rings is 1. The number of rotatable bonds is 4. The van der Waals surface area contributed by atoms with Gasteiger partial charge in [0.25, 0.3) is 5.91 Å². The van der Waals surface area contributed by atoms with Crippen LogP contribution in [-0.4, -0.2) is 18.4 Å². The minimum Gasteiger partial charge on any atom is -0.347 e. The number of thiophene rings is 1. The van der Waals surface area contributed by atoms with Crippen molar-refractivity contribution in [2.24, 2.45) is 5.92 Å². The molecule has 1 aliphatic heterocycles. The molecule has 0 unspecified atom stereocenters. The molecule has 4 nitrogen and oxygen atoms in total. The number of fused-ring (bicyclic) bond motifs is 1. The molecule has 120 valence electrons. The third kappa shape index (κ3) is 3.29. The molecule has 0 bridgehead atoms. The van der Waals surface area contributed by atoms with Gasteiger partial charge in [0.2, 0.25) is 5.91 Å². The van der Waals surface area contributed by atoms with Gasteiger partial charge < -0.3 is 10.2 Å². The summed E-state index contributed by atoms with van der Waals surface area (Å²) in [6.07, 6.45) is 0.876. The van der Waals surface area contributed by atoms with Crippen LogP contribution in [-0.2, 0) is 17.8 Å². The first kappa shape index (κ1) is 15.7. The highest BCUT2D eigenvalue weighted by Gasteiger charge is 2.26. The lowest BCUT2D eigenvalue weighted by Gasteiger charge is -2.19. The lowest BCUT2D eigenvalue weighted by atomic mass is 10.1. The largest absolute Gasteiger partial charge is 0.347 e. The third-order valence-corrected chi connectivity index (χ3v) is 4.87. The SMILES string of the molecule is CC(C)C(=O)N1CCc2cc(CNC(=O)c3cccs3)ccc21. The first-order chi connectivity index (χ1) is 11.1. The number of carbonyl (C=O) groups excluding carboxylic acids is 2. The van der Waals surface area contributed by atoms with Crippen molar-refractivity contribution in [2.45, 2.75) is 26.8 Å². The number of nitrogens with one attached hydrogen (secondary N) is 1. The van der Waals surface area contributed by atoms with E-state index in [2.05, 4.69) is 11.4 Å². The number of carbonyl (C=O) groups is 2. The van der Waals surface area contributed by atoms with E-state index < -0.39 is 0 Å². The van der Waals surface area contributed by atoms with Crippen molar-refractivity contribution < 1.29 is 9.59 Å². The zero-order chi connectivity index (χ0) is 16.4. The minimum absolute atomic E-state index is 0.00529. The van der Waals surface area contributed by atoms with Gasteiger partial charge in [-0.2, -0.15) is 0 Å². The lowest BCUT2D eigenvalue weighted by molar-refractivity contribution is -0.121. The smallest absolute Gasteiger partial charge is 0.261 e. The lowest BCUT2D eigenvalue weighted by Crippen LogP contribution is -2.32. The summed E-state index contributed by atoms with van der Waals surface area (Å²) in [6, 6.07) is 9.76. The summed E-state index contributed by atoms with van der Waals surface area (Å²) in [7, 11) is 0. The number of anilines is 1. The Hall–Kier alpha value is -2.14. The zero-order valence-corrected chi connectivity index (χ0v) is 14.2. The fourth-order valence-electron chi connectivity index (χ4n) is 2.78. The van der Waals surface area contributed by atoms with Gasteiger partial charge >= 0.3 is 0 Å². The Morgan fingerprint density at radius 1 is 1.30 bits per heavy atom. The summed E-state index contributed by atoms with van der Waals surface area (Å²) in [5, 5.41) is 4.83. The summed E-state index contributed by atoms with van der Waals surface area (Å²) < 4.78 is 0. The summed E-state index contributed by atoms with van der Waals surface area (Å²) >= 11 is 1.44. The van der Waals surface area contributed by atoms with E-state index in [1.807, 2.05) is 48.4 Å². The quantitative estimate of drug-likeness (QED) is 0.937. The second-order valence-corrected chi connectivity index (χ2v) is 6.97. The van der Waals surface area contributed by atoms with Gasteiger partial charge in [0.05, 0.1) is 4.88 Å².